The van der Waals surface area contributed by atoms with E-state index in [0.29, 0.717) is 6.54 Å². The molecule has 5 nitrogen and oxygen atoms in total. The minimum Gasteiger partial charge on any atom is -0.494 e. The Kier molecular flexibility index (Phi) is 8.06. The van der Waals surface area contributed by atoms with Crippen LogP contribution in [0.1, 0.15) is 77.7 Å². The van der Waals surface area contributed by atoms with E-state index >= 15 is 0 Å². The molecule has 0 aliphatic heterocycles. The highest BCUT2D eigenvalue weighted by molar-refractivity contribution is 5.84. The number of alkyl carbamates (subject to hydrolysis) is 1. The second-order valence-electron chi connectivity index (χ2n) is 9.55. The molecule has 1 saturated carbocycles. The molecule has 1 heterocycles. The third-order valence-corrected chi connectivity index (χ3v) is 5.80. The van der Waals surface area contributed by atoms with Crippen molar-refractivity contribution in [3.05, 3.63) is 30.0 Å². The summed E-state index contributed by atoms with van der Waals surface area (Å²) >= 11 is 0. The molecule has 3 rings (SSSR count). The molecular weight excluding hydrogens is 376 g/mol. The first-order chi connectivity index (χ1) is 14.4. The van der Waals surface area contributed by atoms with Crippen LogP contribution in [-0.4, -0.2) is 29.8 Å². The molecule has 1 fully saturated rings. The van der Waals surface area contributed by atoms with Gasteiger partial charge in [0, 0.05) is 23.6 Å². The Bertz CT molecular complexity index is 800. The number of amides is 1. The van der Waals surface area contributed by atoms with E-state index in [1.165, 1.54) is 50.5 Å². The molecule has 0 atom stereocenters. The molecule has 0 saturated heterocycles. The highest BCUT2D eigenvalue weighted by Crippen LogP contribution is 2.28. The predicted octanol–water partition coefficient (Wildman–Crippen LogP) is 6.36. The van der Waals surface area contributed by atoms with Crippen molar-refractivity contribution in [2.24, 2.45) is 5.92 Å². The fraction of sp³-hybridized carbons (Fsp3) is 0.640. The van der Waals surface area contributed by atoms with Gasteiger partial charge in [-0.15, -0.1) is 0 Å². The number of carbonyl (C=O) groups excluding carboxylic acids is 1. The van der Waals surface area contributed by atoms with Gasteiger partial charge in [0.15, 0.2) is 0 Å². The highest BCUT2D eigenvalue weighted by atomic mass is 16.6. The number of ether oxygens (including phenoxy) is 2. The SMILES string of the molecule is CC(C)(C)OC(=O)NCCc1c[nH]c2ccc(OCCCCC3CCCCC3)cc12. The van der Waals surface area contributed by atoms with Crippen LogP contribution in [0, 0.1) is 5.92 Å². The van der Waals surface area contributed by atoms with Crippen molar-refractivity contribution in [3.63, 3.8) is 0 Å². The topological polar surface area (TPSA) is 63.3 Å². The molecule has 1 amide bonds. The van der Waals surface area contributed by atoms with Crippen LogP contribution in [0.2, 0.25) is 0 Å². The normalized spacial score (nSPS) is 15.3. The maximum atomic E-state index is 11.8. The van der Waals surface area contributed by atoms with Gasteiger partial charge in [0.05, 0.1) is 6.61 Å². The molecule has 2 aromatic rings. The van der Waals surface area contributed by atoms with Crippen LogP contribution >= 0.6 is 0 Å². The maximum Gasteiger partial charge on any atom is 0.407 e. The summed E-state index contributed by atoms with van der Waals surface area (Å²) in [6.07, 6.45) is 13.2. The number of carbonyl (C=O) groups is 1. The summed E-state index contributed by atoms with van der Waals surface area (Å²) in [5.74, 6) is 1.87. The Balaban J connectivity index is 1.43. The second-order valence-corrected chi connectivity index (χ2v) is 9.55. The van der Waals surface area contributed by atoms with Gasteiger partial charge in [-0.3, -0.25) is 0 Å². The molecule has 30 heavy (non-hydrogen) atoms. The Morgan fingerprint density at radius 1 is 1.17 bits per heavy atom. The van der Waals surface area contributed by atoms with Crippen molar-refractivity contribution in [2.75, 3.05) is 13.2 Å². The number of hydrogen-bond acceptors (Lipinski definition) is 3. The molecule has 5 heteroatoms. The van der Waals surface area contributed by atoms with E-state index in [2.05, 4.69) is 22.4 Å². The lowest BCUT2D eigenvalue weighted by Crippen LogP contribution is -2.33. The van der Waals surface area contributed by atoms with Crippen molar-refractivity contribution < 1.29 is 14.3 Å². The van der Waals surface area contributed by atoms with Gasteiger partial charge in [0.25, 0.3) is 0 Å². The molecule has 0 bridgehead atoms. The molecule has 0 spiro atoms. The number of hydrogen-bond donors (Lipinski definition) is 2. The van der Waals surface area contributed by atoms with E-state index in [1.54, 1.807) is 0 Å². The number of rotatable bonds is 9. The lowest BCUT2D eigenvalue weighted by Gasteiger charge is -2.21. The van der Waals surface area contributed by atoms with E-state index < -0.39 is 5.60 Å². The maximum absolute atomic E-state index is 11.8. The molecule has 0 unspecified atom stereocenters. The number of aromatic amines is 1. The average Bonchev–Trinajstić information content (AvgIpc) is 3.09. The van der Waals surface area contributed by atoms with Crippen LogP contribution in [0.3, 0.4) is 0 Å². The molecule has 2 N–H and O–H groups in total. The molecular formula is C25H38N2O3. The van der Waals surface area contributed by atoms with E-state index in [4.69, 9.17) is 9.47 Å². The Morgan fingerprint density at radius 3 is 2.73 bits per heavy atom. The first kappa shape index (κ1) is 22.5. The largest absolute Gasteiger partial charge is 0.494 e. The molecule has 0 radical (unpaired) electrons. The van der Waals surface area contributed by atoms with Crippen molar-refractivity contribution in [1.82, 2.24) is 10.3 Å². The van der Waals surface area contributed by atoms with Gasteiger partial charge >= 0.3 is 6.09 Å². The second kappa shape index (κ2) is 10.7. The van der Waals surface area contributed by atoms with Crippen LogP contribution < -0.4 is 10.1 Å². The number of fused-ring (bicyclic) bond motifs is 1. The number of unbranched alkanes of at least 4 members (excludes halogenated alkanes) is 1. The van der Waals surface area contributed by atoms with Crippen molar-refractivity contribution in [3.8, 4) is 5.75 Å². The Morgan fingerprint density at radius 2 is 1.97 bits per heavy atom. The van der Waals surface area contributed by atoms with Crippen LogP contribution in [-0.2, 0) is 11.2 Å². The minimum atomic E-state index is -0.479. The third-order valence-electron chi connectivity index (χ3n) is 5.80. The zero-order valence-corrected chi connectivity index (χ0v) is 18.9. The quantitative estimate of drug-likeness (QED) is 0.469. The fourth-order valence-corrected chi connectivity index (χ4v) is 4.27. The average molecular weight is 415 g/mol. The van der Waals surface area contributed by atoms with E-state index in [-0.39, 0.29) is 6.09 Å². The lowest BCUT2D eigenvalue weighted by molar-refractivity contribution is 0.0528. The minimum absolute atomic E-state index is 0.375. The smallest absolute Gasteiger partial charge is 0.407 e. The van der Waals surface area contributed by atoms with Gasteiger partial charge in [-0.05, 0) is 69.7 Å². The summed E-state index contributed by atoms with van der Waals surface area (Å²) < 4.78 is 11.3. The summed E-state index contributed by atoms with van der Waals surface area (Å²) in [5.41, 5.74) is 1.78. The van der Waals surface area contributed by atoms with Crippen molar-refractivity contribution >= 4 is 17.0 Å². The fourth-order valence-electron chi connectivity index (χ4n) is 4.27. The van der Waals surface area contributed by atoms with Crippen LogP contribution in [0.15, 0.2) is 24.4 Å². The first-order valence-electron chi connectivity index (χ1n) is 11.6. The number of nitrogens with one attached hydrogen (secondary N) is 2. The van der Waals surface area contributed by atoms with Crippen molar-refractivity contribution in [2.45, 2.75) is 84.2 Å². The lowest BCUT2D eigenvalue weighted by atomic mass is 9.86. The van der Waals surface area contributed by atoms with E-state index in [0.717, 1.165) is 42.0 Å². The van der Waals surface area contributed by atoms with Crippen molar-refractivity contribution in [1.29, 1.82) is 0 Å². The first-order valence-corrected chi connectivity index (χ1v) is 11.6. The summed E-state index contributed by atoms with van der Waals surface area (Å²) in [7, 11) is 0. The van der Waals surface area contributed by atoms with Crippen LogP contribution in [0.5, 0.6) is 5.75 Å². The molecule has 1 aliphatic carbocycles. The van der Waals surface area contributed by atoms with Gasteiger partial charge in [0.1, 0.15) is 11.4 Å². The van der Waals surface area contributed by atoms with E-state index in [1.807, 2.05) is 33.0 Å². The van der Waals surface area contributed by atoms with Gasteiger partial charge in [-0.1, -0.05) is 38.5 Å². The molecule has 166 valence electrons. The van der Waals surface area contributed by atoms with Gasteiger partial charge in [-0.2, -0.15) is 0 Å². The van der Waals surface area contributed by atoms with Gasteiger partial charge < -0.3 is 19.8 Å². The summed E-state index contributed by atoms with van der Waals surface area (Å²) in [4.78, 5) is 15.1. The van der Waals surface area contributed by atoms with E-state index in [9.17, 15) is 4.79 Å². The Labute approximate surface area is 180 Å². The van der Waals surface area contributed by atoms with Crippen LogP contribution in [0.25, 0.3) is 10.9 Å². The molecule has 1 aliphatic rings. The zero-order chi connectivity index (χ0) is 21.4. The third kappa shape index (κ3) is 7.26. The molecule has 1 aromatic heterocycles. The van der Waals surface area contributed by atoms with Crippen LogP contribution in [0.4, 0.5) is 4.79 Å². The predicted molar refractivity (Wildman–Crippen MR) is 122 cm³/mol. The monoisotopic (exact) mass is 414 g/mol. The highest BCUT2D eigenvalue weighted by Gasteiger charge is 2.16. The summed E-state index contributed by atoms with van der Waals surface area (Å²) in [6, 6.07) is 6.20. The number of benzene rings is 1. The van der Waals surface area contributed by atoms with Gasteiger partial charge in [0.2, 0.25) is 0 Å². The van der Waals surface area contributed by atoms with Gasteiger partial charge in [-0.25, -0.2) is 4.79 Å². The number of aromatic nitrogens is 1. The molecule has 1 aromatic carbocycles. The standard InChI is InChI=1S/C25H38N2O3/c1-25(2,3)30-24(28)26-15-14-20-18-27-23-13-12-21(17-22(20)23)29-16-8-7-11-19-9-5-4-6-10-19/h12-13,17-19,27H,4-11,14-16H2,1-3H3,(H,26,28). The summed E-state index contributed by atoms with van der Waals surface area (Å²) in [5, 5.41) is 3.98. The Hall–Kier alpha value is -2.17. The number of H-pyrrole nitrogens is 1. The summed E-state index contributed by atoms with van der Waals surface area (Å²) in [6.45, 7) is 6.91. The zero-order valence-electron chi connectivity index (χ0n) is 18.9.